The zero-order valence-corrected chi connectivity index (χ0v) is 17.5. The van der Waals surface area contributed by atoms with Gasteiger partial charge in [0.15, 0.2) is 0 Å². The fourth-order valence-corrected chi connectivity index (χ4v) is 3.64. The van der Waals surface area contributed by atoms with E-state index < -0.39 is 0 Å². The number of amides is 3. The predicted octanol–water partition coefficient (Wildman–Crippen LogP) is 4.78. The van der Waals surface area contributed by atoms with E-state index in [1.807, 2.05) is 47.4 Å². The molecule has 3 amide bonds. The van der Waals surface area contributed by atoms with Crippen LogP contribution in [0.3, 0.4) is 0 Å². The first kappa shape index (κ1) is 20.5. The van der Waals surface area contributed by atoms with E-state index in [9.17, 15) is 9.59 Å². The SMILES string of the molecule is COc1ccc(NC(=O)c2ccc(N3CCCN(Cc4ccccc4)C3=O)cc2)cc1. The van der Waals surface area contributed by atoms with Gasteiger partial charge in [-0.1, -0.05) is 30.3 Å². The highest BCUT2D eigenvalue weighted by atomic mass is 16.5. The second-order valence-electron chi connectivity index (χ2n) is 7.42. The Morgan fingerprint density at radius 1 is 0.935 bits per heavy atom. The van der Waals surface area contributed by atoms with Gasteiger partial charge in [-0.25, -0.2) is 4.79 Å². The molecule has 1 N–H and O–H groups in total. The minimum absolute atomic E-state index is 0.00876. The molecule has 0 aromatic heterocycles. The first-order chi connectivity index (χ1) is 15.1. The lowest BCUT2D eigenvalue weighted by Crippen LogP contribution is -2.49. The molecule has 3 aromatic carbocycles. The van der Waals surface area contributed by atoms with Gasteiger partial charge in [-0.05, 0) is 60.5 Å². The van der Waals surface area contributed by atoms with Crippen molar-refractivity contribution >= 4 is 23.3 Å². The van der Waals surface area contributed by atoms with Crippen molar-refractivity contribution in [3.8, 4) is 5.75 Å². The molecule has 1 aliphatic rings. The molecule has 6 heteroatoms. The summed E-state index contributed by atoms with van der Waals surface area (Å²) in [5.41, 5.74) is 3.13. The summed E-state index contributed by atoms with van der Waals surface area (Å²) in [6.45, 7) is 2.01. The average Bonchev–Trinajstić information content (AvgIpc) is 2.82. The predicted molar refractivity (Wildman–Crippen MR) is 122 cm³/mol. The van der Waals surface area contributed by atoms with Crippen molar-refractivity contribution in [3.63, 3.8) is 0 Å². The van der Waals surface area contributed by atoms with E-state index in [0.29, 0.717) is 24.3 Å². The topological polar surface area (TPSA) is 61.9 Å². The monoisotopic (exact) mass is 415 g/mol. The number of anilines is 2. The first-order valence-electron chi connectivity index (χ1n) is 10.3. The zero-order chi connectivity index (χ0) is 21.6. The van der Waals surface area contributed by atoms with Gasteiger partial charge >= 0.3 is 6.03 Å². The number of methoxy groups -OCH3 is 1. The van der Waals surface area contributed by atoms with Crippen LogP contribution in [0.25, 0.3) is 0 Å². The molecule has 0 saturated carbocycles. The summed E-state index contributed by atoms with van der Waals surface area (Å²) in [4.78, 5) is 29.2. The van der Waals surface area contributed by atoms with Crippen molar-refractivity contribution in [2.24, 2.45) is 0 Å². The maximum atomic E-state index is 13.0. The van der Waals surface area contributed by atoms with Gasteiger partial charge in [0.05, 0.1) is 7.11 Å². The lowest BCUT2D eigenvalue weighted by atomic mass is 10.1. The number of hydrogen-bond acceptors (Lipinski definition) is 3. The molecule has 31 heavy (non-hydrogen) atoms. The third kappa shape index (κ3) is 4.86. The quantitative estimate of drug-likeness (QED) is 0.630. The minimum atomic E-state index is -0.201. The Hall–Kier alpha value is -3.80. The van der Waals surface area contributed by atoms with Crippen molar-refractivity contribution in [1.82, 2.24) is 4.90 Å². The van der Waals surface area contributed by atoms with Crippen LogP contribution in [0.15, 0.2) is 78.9 Å². The first-order valence-corrected chi connectivity index (χ1v) is 10.3. The lowest BCUT2D eigenvalue weighted by Gasteiger charge is -2.35. The molecule has 1 heterocycles. The molecular weight excluding hydrogens is 390 g/mol. The number of nitrogens with one attached hydrogen (secondary N) is 1. The van der Waals surface area contributed by atoms with E-state index in [2.05, 4.69) is 5.32 Å². The number of benzene rings is 3. The van der Waals surface area contributed by atoms with Gasteiger partial charge < -0.3 is 15.0 Å². The Morgan fingerprint density at radius 2 is 1.65 bits per heavy atom. The second-order valence-corrected chi connectivity index (χ2v) is 7.42. The van der Waals surface area contributed by atoms with Crippen molar-refractivity contribution in [2.45, 2.75) is 13.0 Å². The molecule has 1 saturated heterocycles. The van der Waals surface area contributed by atoms with E-state index in [1.165, 1.54) is 0 Å². The van der Waals surface area contributed by atoms with Gasteiger partial charge in [-0.15, -0.1) is 0 Å². The molecule has 0 aliphatic carbocycles. The minimum Gasteiger partial charge on any atom is -0.497 e. The molecule has 158 valence electrons. The van der Waals surface area contributed by atoms with Crippen LogP contribution in [0, 0.1) is 0 Å². The number of hydrogen-bond donors (Lipinski definition) is 1. The molecule has 0 unspecified atom stereocenters. The average molecular weight is 415 g/mol. The molecule has 0 bridgehead atoms. The van der Waals surface area contributed by atoms with Gasteiger partial charge in [0.1, 0.15) is 5.75 Å². The Balaban J connectivity index is 1.41. The number of ether oxygens (including phenoxy) is 1. The standard InChI is InChI=1S/C25H25N3O3/c1-31-23-14-10-21(11-15-23)26-24(29)20-8-12-22(13-9-20)28-17-5-16-27(25(28)30)18-19-6-3-2-4-7-19/h2-4,6-15H,5,16-18H2,1H3,(H,26,29). The molecule has 3 aromatic rings. The molecule has 4 rings (SSSR count). The fourth-order valence-electron chi connectivity index (χ4n) is 3.64. The number of carbonyl (C=O) groups excluding carboxylic acids is 2. The molecule has 1 aliphatic heterocycles. The Labute approximate surface area is 182 Å². The maximum absolute atomic E-state index is 13.0. The normalized spacial score (nSPS) is 13.8. The Kier molecular flexibility index (Phi) is 6.17. The van der Waals surface area contributed by atoms with E-state index in [0.717, 1.165) is 30.0 Å². The molecule has 6 nitrogen and oxygen atoms in total. The van der Waals surface area contributed by atoms with E-state index in [-0.39, 0.29) is 11.9 Å². The van der Waals surface area contributed by atoms with Crippen molar-refractivity contribution in [2.75, 3.05) is 30.4 Å². The summed E-state index contributed by atoms with van der Waals surface area (Å²) >= 11 is 0. The van der Waals surface area contributed by atoms with Crippen LogP contribution in [0.5, 0.6) is 5.75 Å². The van der Waals surface area contributed by atoms with Gasteiger partial charge in [-0.2, -0.15) is 0 Å². The molecule has 1 fully saturated rings. The summed E-state index contributed by atoms with van der Waals surface area (Å²) in [7, 11) is 1.60. The van der Waals surface area contributed by atoms with Crippen molar-refractivity contribution < 1.29 is 14.3 Å². The maximum Gasteiger partial charge on any atom is 0.324 e. The smallest absolute Gasteiger partial charge is 0.324 e. The van der Waals surface area contributed by atoms with E-state index in [4.69, 9.17) is 4.74 Å². The highest BCUT2D eigenvalue weighted by molar-refractivity contribution is 6.04. The summed E-state index contributed by atoms with van der Waals surface area (Å²) in [6, 6.07) is 24.3. The van der Waals surface area contributed by atoms with Crippen LogP contribution in [-0.4, -0.2) is 37.0 Å². The van der Waals surface area contributed by atoms with Crippen LogP contribution in [-0.2, 0) is 6.54 Å². The lowest BCUT2D eigenvalue weighted by molar-refractivity contribution is 0.102. The third-order valence-corrected chi connectivity index (χ3v) is 5.32. The zero-order valence-electron chi connectivity index (χ0n) is 17.5. The van der Waals surface area contributed by atoms with E-state index >= 15 is 0 Å². The van der Waals surface area contributed by atoms with Crippen molar-refractivity contribution in [1.29, 1.82) is 0 Å². The van der Waals surface area contributed by atoms with E-state index in [1.54, 1.807) is 48.4 Å². The summed E-state index contributed by atoms with van der Waals surface area (Å²) in [6.07, 6.45) is 0.901. The summed E-state index contributed by atoms with van der Waals surface area (Å²) < 4.78 is 5.13. The number of rotatable bonds is 6. The van der Waals surface area contributed by atoms with Gasteiger partial charge in [0.2, 0.25) is 0 Å². The van der Waals surface area contributed by atoms with Crippen molar-refractivity contribution in [3.05, 3.63) is 90.0 Å². The highest BCUT2D eigenvalue weighted by Crippen LogP contribution is 2.23. The molecule has 0 radical (unpaired) electrons. The Morgan fingerprint density at radius 3 is 2.32 bits per heavy atom. The largest absolute Gasteiger partial charge is 0.497 e. The third-order valence-electron chi connectivity index (χ3n) is 5.32. The van der Waals surface area contributed by atoms with Gasteiger partial charge in [-0.3, -0.25) is 9.69 Å². The van der Waals surface area contributed by atoms with Crippen LogP contribution < -0.4 is 15.0 Å². The van der Waals surface area contributed by atoms with Gasteiger partial charge in [0, 0.05) is 36.6 Å². The number of nitrogens with zero attached hydrogens (tertiary/aromatic N) is 2. The molecule has 0 spiro atoms. The number of carbonyl (C=O) groups is 2. The summed E-state index contributed by atoms with van der Waals surface area (Å²) in [5, 5.41) is 2.87. The highest BCUT2D eigenvalue weighted by Gasteiger charge is 2.26. The van der Waals surface area contributed by atoms with Gasteiger partial charge in [0.25, 0.3) is 5.91 Å². The van der Waals surface area contributed by atoms with Crippen LogP contribution in [0.4, 0.5) is 16.2 Å². The van der Waals surface area contributed by atoms with Crippen LogP contribution in [0.2, 0.25) is 0 Å². The van der Waals surface area contributed by atoms with Crippen LogP contribution in [0.1, 0.15) is 22.3 Å². The van der Waals surface area contributed by atoms with Crippen LogP contribution >= 0.6 is 0 Å². The molecule has 0 atom stereocenters. The summed E-state index contributed by atoms with van der Waals surface area (Å²) in [5.74, 6) is 0.530. The molecular formula is C25H25N3O3. The number of urea groups is 1. The fraction of sp³-hybridized carbons (Fsp3) is 0.200. The second kappa shape index (κ2) is 9.34. The Bertz CT molecular complexity index is 1030.